The van der Waals surface area contributed by atoms with E-state index in [2.05, 4.69) is 16.0 Å². The highest BCUT2D eigenvalue weighted by atomic mass is 16.5. The van der Waals surface area contributed by atoms with Gasteiger partial charge in [0.25, 0.3) is 17.7 Å². The van der Waals surface area contributed by atoms with Gasteiger partial charge in [0.2, 0.25) is 0 Å². The maximum Gasteiger partial charge on any atom is 0.287 e. The van der Waals surface area contributed by atoms with E-state index in [9.17, 15) is 14.4 Å². The molecule has 3 aromatic rings. The van der Waals surface area contributed by atoms with Gasteiger partial charge in [0.15, 0.2) is 17.3 Å². The summed E-state index contributed by atoms with van der Waals surface area (Å²) >= 11 is 0. The average Bonchev–Trinajstić information content (AvgIpc) is 3.36. The van der Waals surface area contributed by atoms with Crippen molar-refractivity contribution in [1.29, 1.82) is 0 Å². The van der Waals surface area contributed by atoms with Crippen molar-refractivity contribution >= 4 is 23.4 Å². The Morgan fingerprint density at radius 1 is 0.812 bits per heavy atom. The lowest BCUT2D eigenvalue weighted by molar-refractivity contribution is 0.0910. The molecule has 3 amide bonds. The summed E-state index contributed by atoms with van der Waals surface area (Å²) in [6, 6.07) is 14.6. The molecule has 0 bridgehead atoms. The molecule has 166 valence electrons. The maximum absolute atomic E-state index is 12.6. The topological polar surface area (TPSA) is 119 Å². The van der Waals surface area contributed by atoms with Gasteiger partial charge in [-0.2, -0.15) is 0 Å². The minimum Gasteiger partial charge on any atom is -0.493 e. The van der Waals surface area contributed by atoms with Crippen molar-refractivity contribution < 1.29 is 28.3 Å². The zero-order valence-corrected chi connectivity index (χ0v) is 17.6. The summed E-state index contributed by atoms with van der Waals surface area (Å²) in [7, 11) is 2.96. The second-order valence-corrected chi connectivity index (χ2v) is 6.56. The largest absolute Gasteiger partial charge is 0.493 e. The van der Waals surface area contributed by atoms with E-state index in [0.717, 1.165) is 0 Å². The van der Waals surface area contributed by atoms with Gasteiger partial charge in [0.1, 0.15) is 0 Å². The van der Waals surface area contributed by atoms with Crippen molar-refractivity contribution in [1.82, 2.24) is 10.6 Å². The first-order valence-corrected chi connectivity index (χ1v) is 9.75. The van der Waals surface area contributed by atoms with Crippen LogP contribution < -0.4 is 25.4 Å². The number of para-hydroxylation sites is 1. The van der Waals surface area contributed by atoms with Crippen LogP contribution in [-0.2, 0) is 0 Å². The van der Waals surface area contributed by atoms with Gasteiger partial charge in [-0.3, -0.25) is 14.4 Å². The van der Waals surface area contributed by atoms with Crippen LogP contribution in [0, 0.1) is 0 Å². The van der Waals surface area contributed by atoms with Gasteiger partial charge < -0.3 is 29.8 Å². The highest BCUT2D eigenvalue weighted by Gasteiger charge is 2.16. The SMILES string of the molecule is COc1cccc(C(=O)Nc2ccc(C(=O)NCCNC(=O)c3ccco3)cc2)c1OC. The van der Waals surface area contributed by atoms with E-state index in [1.165, 1.54) is 20.5 Å². The van der Waals surface area contributed by atoms with Crippen molar-refractivity contribution in [3.8, 4) is 11.5 Å². The quantitative estimate of drug-likeness (QED) is 0.443. The Bertz CT molecular complexity index is 1080. The maximum atomic E-state index is 12.6. The number of hydrogen-bond donors (Lipinski definition) is 3. The molecule has 0 aliphatic carbocycles. The fourth-order valence-electron chi connectivity index (χ4n) is 2.92. The van der Waals surface area contributed by atoms with Crippen molar-refractivity contribution in [3.05, 3.63) is 77.7 Å². The van der Waals surface area contributed by atoms with Gasteiger partial charge in [-0.15, -0.1) is 0 Å². The number of amides is 3. The van der Waals surface area contributed by atoms with Crippen LogP contribution in [-0.4, -0.2) is 45.0 Å². The number of hydrogen-bond acceptors (Lipinski definition) is 6. The first-order chi connectivity index (χ1) is 15.5. The number of benzene rings is 2. The second-order valence-electron chi connectivity index (χ2n) is 6.56. The van der Waals surface area contributed by atoms with Crippen molar-refractivity contribution in [2.45, 2.75) is 0 Å². The molecule has 0 spiro atoms. The lowest BCUT2D eigenvalue weighted by Gasteiger charge is -2.13. The molecule has 1 aromatic heterocycles. The number of nitrogens with one attached hydrogen (secondary N) is 3. The molecule has 3 N–H and O–H groups in total. The molecule has 0 saturated carbocycles. The standard InChI is InChI=1S/C23H23N3O6/c1-30-18-6-3-5-17(20(18)31-2)22(28)26-16-10-8-15(9-11-16)21(27)24-12-13-25-23(29)19-7-4-14-32-19/h3-11,14H,12-13H2,1-2H3,(H,24,27)(H,25,29)(H,26,28). The number of carbonyl (C=O) groups excluding carboxylic acids is 3. The number of rotatable bonds is 9. The monoisotopic (exact) mass is 437 g/mol. The van der Waals surface area contributed by atoms with Crippen LogP contribution in [0.5, 0.6) is 11.5 Å². The minimum absolute atomic E-state index is 0.209. The first kappa shape index (κ1) is 22.4. The van der Waals surface area contributed by atoms with Crippen molar-refractivity contribution in [2.75, 3.05) is 32.6 Å². The molecule has 2 aromatic carbocycles. The van der Waals surface area contributed by atoms with Crippen LogP contribution in [0.25, 0.3) is 0 Å². The summed E-state index contributed by atoms with van der Waals surface area (Å²) in [4.78, 5) is 36.7. The van der Waals surface area contributed by atoms with Crippen LogP contribution in [0.2, 0.25) is 0 Å². The Labute approximate surface area is 184 Å². The number of methoxy groups -OCH3 is 2. The Morgan fingerprint density at radius 3 is 2.16 bits per heavy atom. The third-order valence-corrected chi connectivity index (χ3v) is 4.49. The molecule has 9 heteroatoms. The minimum atomic E-state index is -0.370. The number of carbonyl (C=O) groups is 3. The summed E-state index contributed by atoms with van der Waals surface area (Å²) in [6.07, 6.45) is 1.41. The molecule has 0 fully saturated rings. The lowest BCUT2D eigenvalue weighted by Crippen LogP contribution is -2.34. The van der Waals surface area contributed by atoms with Gasteiger partial charge >= 0.3 is 0 Å². The van der Waals surface area contributed by atoms with E-state index < -0.39 is 0 Å². The molecule has 1 heterocycles. The van der Waals surface area contributed by atoms with E-state index in [0.29, 0.717) is 28.3 Å². The van der Waals surface area contributed by atoms with Gasteiger partial charge in [0, 0.05) is 24.3 Å². The van der Waals surface area contributed by atoms with E-state index >= 15 is 0 Å². The zero-order chi connectivity index (χ0) is 22.9. The van der Waals surface area contributed by atoms with E-state index in [-0.39, 0.29) is 36.6 Å². The predicted octanol–water partition coefficient (Wildman–Crippen LogP) is 2.71. The van der Waals surface area contributed by atoms with E-state index in [1.807, 2.05) is 0 Å². The third kappa shape index (κ3) is 5.45. The van der Waals surface area contributed by atoms with Gasteiger partial charge in [0.05, 0.1) is 26.0 Å². The molecule has 0 saturated heterocycles. The molecule has 0 radical (unpaired) electrons. The third-order valence-electron chi connectivity index (χ3n) is 4.49. The molecular formula is C23H23N3O6. The number of anilines is 1. The summed E-state index contributed by atoms with van der Waals surface area (Å²) in [6.45, 7) is 0.501. The normalized spacial score (nSPS) is 10.2. The highest BCUT2D eigenvalue weighted by Crippen LogP contribution is 2.31. The molecule has 3 rings (SSSR count). The van der Waals surface area contributed by atoms with Crippen molar-refractivity contribution in [3.63, 3.8) is 0 Å². The molecular weight excluding hydrogens is 414 g/mol. The Balaban J connectivity index is 1.52. The molecule has 0 aliphatic rings. The van der Waals surface area contributed by atoms with E-state index in [4.69, 9.17) is 13.9 Å². The summed E-state index contributed by atoms with van der Waals surface area (Å²) in [5.74, 6) is -0.0254. The molecule has 0 aliphatic heterocycles. The first-order valence-electron chi connectivity index (χ1n) is 9.75. The molecule has 32 heavy (non-hydrogen) atoms. The van der Waals surface area contributed by atoms with Crippen LogP contribution in [0.1, 0.15) is 31.3 Å². The average molecular weight is 437 g/mol. The van der Waals surface area contributed by atoms with Gasteiger partial charge in [-0.1, -0.05) is 6.07 Å². The number of furan rings is 1. The van der Waals surface area contributed by atoms with Gasteiger partial charge in [-0.25, -0.2) is 0 Å². The van der Waals surface area contributed by atoms with Crippen LogP contribution in [0.3, 0.4) is 0 Å². The van der Waals surface area contributed by atoms with Crippen LogP contribution >= 0.6 is 0 Å². The Hall–Kier alpha value is -4.27. The Kier molecular flexibility index (Phi) is 7.47. The Morgan fingerprint density at radius 2 is 1.53 bits per heavy atom. The van der Waals surface area contributed by atoms with Crippen molar-refractivity contribution in [2.24, 2.45) is 0 Å². The molecule has 9 nitrogen and oxygen atoms in total. The second kappa shape index (κ2) is 10.7. The predicted molar refractivity (Wildman–Crippen MR) is 117 cm³/mol. The summed E-state index contributed by atoms with van der Waals surface area (Å²) in [5, 5.41) is 8.12. The van der Waals surface area contributed by atoms with Crippen LogP contribution in [0.4, 0.5) is 5.69 Å². The van der Waals surface area contributed by atoms with Crippen LogP contribution in [0.15, 0.2) is 65.3 Å². The summed E-state index contributed by atoms with van der Waals surface area (Å²) in [5.41, 5.74) is 1.26. The zero-order valence-electron chi connectivity index (χ0n) is 17.6. The summed E-state index contributed by atoms with van der Waals surface area (Å²) < 4.78 is 15.5. The lowest BCUT2D eigenvalue weighted by atomic mass is 10.1. The van der Waals surface area contributed by atoms with Gasteiger partial charge in [-0.05, 0) is 48.5 Å². The molecule has 0 atom stereocenters. The smallest absolute Gasteiger partial charge is 0.287 e. The highest BCUT2D eigenvalue weighted by molar-refractivity contribution is 6.07. The fourth-order valence-corrected chi connectivity index (χ4v) is 2.92. The number of ether oxygens (including phenoxy) is 2. The van der Waals surface area contributed by atoms with E-state index in [1.54, 1.807) is 54.6 Å². The molecule has 0 unspecified atom stereocenters. The fraction of sp³-hybridized carbons (Fsp3) is 0.174.